The number of hydrogen-bond acceptors (Lipinski definition) is 0. The van der Waals surface area contributed by atoms with E-state index in [0.717, 1.165) is 26.1 Å². The van der Waals surface area contributed by atoms with Gasteiger partial charge in [0.15, 0.2) is 0 Å². The van der Waals surface area contributed by atoms with Gasteiger partial charge in [0.1, 0.15) is 37.9 Å². The first-order chi connectivity index (χ1) is 13.1. The van der Waals surface area contributed by atoms with Gasteiger partial charge in [0.2, 0.25) is 12.7 Å². The van der Waals surface area contributed by atoms with Crippen molar-refractivity contribution in [2.75, 3.05) is 0 Å². The number of nitrogens with zero attached hydrogens (tertiary/aromatic N) is 4. The van der Waals surface area contributed by atoms with E-state index in [9.17, 15) is 0 Å². The minimum absolute atomic E-state index is 0.877. The van der Waals surface area contributed by atoms with Crippen molar-refractivity contribution in [2.24, 2.45) is 0 Å². The highest BCUT2D eigenvalue weighted by Crippen LogP contribution is 2.11. The first-order valence-electron chi connectivity index (χ1n) is 9.97. The smallest absolute Gasteiger partial charge is 0.237 e. The Labute approximate surface area is 164 Å². The fourth-order valence-electron chi connectivity index (χ4n) is 2.98. The summed E-state index contributed by atoms with van der Waals surface area (Å²) in [6.45, 7) is 15.2. The first kappa shape index (κ1) is 20.7. The molecule has 0 spiro atoms. The van der Waals surface area contributed by atoms with Crippen LogP contribution >= 0.6 is 0 Å². The van der Waals surface area contributed by atoms with Crippen molar-refractivity contribution in [3.63, 3.8) is 0 Å². The molecular weight excluding hydrogens is 332 g/mol. The second-order valence-corrected chi connectivity index (χ2v) is 6.85. The second-order valence-electron chi connectivity index (χ2n) is 6.85. The normalized spacial score (nSPS) is 10.4. The van der Waals surface area contributed by atoms with Crippen molar-refractivity contribution < 1.29 is 9.13 Å². The van der Waals surface area contributed by atoms with Crippen molar-refractivity contribution >= 4 is 6.20 Å². The molecule has 0 bridgehead atoms. The third kappa shape index (κ3) is 6.24. The lowest BCUT2D eigenvalue weighted by molar-refractivity contribution is -0.688. The maximum absolute atomic E-state index is 3.79. The summed E-state index contributed by atoms with van der Waals surface area (Å²) in [5, 5.41) is 0. The average Bonchev–Trinajstić information content (AvgIpc) is 3.31. The fraction of sp³-hybridized carbons (Fsp3) is 0.391. The van der Waals surface area contributed by atoms with Crippen molar-refractivity contribution in [1.82, 2.24) is 9.13 Å². The Morgan fingerprint density at radius 3 is 1.89 bits per heavy atom. The molecule has 4 nitrogen and oxygen atoms in total. The molecule has 0 aliphatic carbocycles. The summed E-state index contributed by atoms with van der Waals surface area (Å²) < 4.78 is 8.58. The third-order valence-corrected chi connectivity index (χ3v) is 4.29. The maximum atomic E-state index is 3.79. The molecule has 0 N–H and O–H groups in total. The molecule has 27 heavy (non-hydrogen) atoms. The molecule has 2 aromatic heterocycles. The molecule has 144 valence electrons. The molecule has 2 heterocycles. The predicted molar refractivity (Wildman–Crippen MR) is 111 cm³/mol. The number of rotatable bonds is 7. The molecule has 3 aromatic rings. The SMILES string of the molecule is C=Cn1cc[n+](Cc2cc(CC)cc(C[n+]3ccn(CC)c3)c2)c1.CCC. The summed E-state index contributed by atoms with van der Waals surface area (Å²) >= 11 is 0. The molecule has 0 amide bonds. The molecule has 0 atom stereocenters. The molecule has 0 saturated carbocycles. The van der Waals surface area contributed by atoms with Crippen molar-refractivity contribution in [2.45, 2.75) is 60.2 Å². The summed E-state index contributed by atoms with van der Waals surface area (Å²) in [6, 6.07) is 6.94. The van der Waals surface area contributed by atoms with E-state index in [-0.39, 0.29) is 0 Å². The van der Waals surface area contributed by atoms with Crippen LogP contribution in [-0.2, 0) is 26.1 Å². The van der Waals surface area contributed by atoms with E-state index in [1.54, 1.807) is 6.20 Å². The van der Waals surface area contributed by atoms with Crippen LogP contribution in [-0.4, -0.2) is 9.13 Å². The highest BCUT2D eigenvalue weighted by molar-refractivity contribution is 5.29. The van der Waals surface area contributed by atoms with Crippen molar-refractivity contribution in [3.05, 3.63) is 78.9 Å². The maximum Gasteiger partial charge on any atom is 0.248 e. The average molecular weight is 367 g/mol. The Bertz CT molecular complexity index is 842. The fourth-order valence-corrected chi connectivity index (χ4v) is 2.98. The summed E-state index contributed by atoms with van der Waals surface area (Å²) in [7, 11) is 0. The minimum Gasteiger partial charge on any atom is -0.237 e. The van der Waals surface area contributed by atoms with Gasteiger partial charge in [0.25, 0.3) is 0 Å². The summed E-state index contributed by atoms with van der Waals surface area (Å²) in [4.78, 5) is 0. The zero-order valence-corrected chi connectivity index (χ0v) is 17.3. The summed E-state index contributed by atoms with van der Waals surface area (Å²) in [5.41, 5.74) is 4.08. The van der Waals surface area contributed by atoms with Gasteiger partial charge in [-0.1, -0.05) is 45.9 Å². The van der Waals surface area contributed by atoms with Gasteiger partial charge in [-0.2, -0.15) is 0 Å². The van der Waals surface area contributed by atoms with Gasteiger partial charge in [-0.3, -0.25) is 0 Å². The van der Waals surface area contributed by atoms with Crippen LogP contribution in [0.3, 0.4) is 0 Å². The predicted octanol–water partition coefficient (Wildman–Crippen LogP) is 4.06. The van der Waals surface area contributed by atoms with Crippen LogP contribution in [0.1, 0.15) is 50.8 Å². The van der Waals surface area contributed by atoms with Gasteiger partial charge in [-0.25, -0.2) is 18.3 Å². The van der Waals surface area contributed by atoms with E-state index in [0.29, 0.717) is 0 Å². The Morgan fingerprint density at radius 1 is 0.852 bits per heavy atom. The van der Waals surface area contributed by atoms with Crippen LogP contribution in [0, 0.1) is 0 Å². The topological polar surface area (TPSA) is 17.6 Å². The Balaban J connectivity index is 0.000000817. The van der Waals surface area contributed by atoms with Crippen LogP contribution in [0.4, 0.5) is 0 Å². The Kier molecular flexibility index (Phi) is 8.05. The van der Waals surface area contributed by atoms with Crippen LogP contribution in [0.15, 0.2) is 62.2 Å². The second kappa shape index (κ2) is 10.5. The van der Waals surface area contributed by atoms with E-state index >= 15 is 0 Å². The van der Waals surface area contributed by atoms with Gasteiger partial charge >= 0.3 is 0 Å². The summed E-state index contributed by atoms with van der Waals surface area (Å²) in [6.07, 6.45) is 16.7. The van der Waals surface area contributed by atoms with Crippen molar-refractivity contribution in [1.29, 1.82) is 0 Å². The molecule has 0 radical (unpaired) electrons. The van der Waals surface area contributed by atoms with Gasteiger partial charge in [-0.15, -0.1) is 0 Å². The van der Waals surface area contributed by atoms with Gasteiger partial charge in [0.05, 0.1) is 12.7 Å². The Morgan fingerprint density at radius 2 is 1.41 bits per heavy atom. The number of imidazole rings is 2. The number of benzene rings is 1. The number of aromatic nitrogens is 4. The monoisotopic (exact) mass is 366 g/mol. The van der Waals surface area contributed by atoms with E-state index in [1.807, 2.05) is 10.8 Å². The zero-order chi connectivity index (χ0) is 19.6. The lowest BCUT2D eigenvalue weighted by Gasteiger charge is -2.07. The summed E-state index contributed by atoms with van der Waals surface area (Å²) in [5.74, 6) is 0. The lowest BCUT2D eigenvalue weighted by atomic mass is 10.0. The molecule has 0 fully saturated rings. The van der Waals surface area contributed by atoms with Crippen LogP contribution in [0.25, 0.3) is 6.20 Å². The van der Waals surface area contributed by atoms with E-state index in [1.165, 1.54) is 23.1 Å². The highest BCUT2D eigenvalue weighted by Gasteiger charge is 2.08. The largest absolute Gasteiger partial charge is 0.248 e. The standard InChI is InChI=1S/C20H26N4.C3H8/c1-4-18-11-19(14-23-9-7-21(5-2)16-23)13-20(12-18)15-24-10-8-22(6-3)17-24;1-3-2/h5,7-13,16-17H,2,4,6,14-15H2,1,3H3;3H2,1-2H3/q+2;. The van der Waals surface area contributed by atoms with Gasteiger partial charge < -0.3 is 0 Å². The Hall–Kier alpha value is -2.62. The molecule has 3 rings (SSSR count). The van der Waals surface area contributed by atoms with E-state index in [2.05, 4.69) is 97.4 Å². The minimum atomic E-state index is 0.877. The highest BCUT2D eigenvalue weighted by atomic mass is 15.1. The molecule has 0 aliphatic rings. The molecular formula is C23H34N4+2. The first-order valence-corrected chi connectivity index (χ1v) is 9.97. The number of aryl methyl sites for hydroxylation is 2. The van der Waals surface area contributed by atoms with E-state index in [4.69, 9.17) is 0 Å². The zero-order valence-electron chi connectivity index (χ0n) is 17.3. The molecule has 0 aliphatic heterocycles. The van der Waals surface area contributed by atoms with Gasteiger partial charge in [0, 0.05) is 0 Å². The molecule has 0 unspecified atom stereocenters. The van der Waals surface area contributed by atoms with E-state index < -0.39 is 0 Å². The van der Waals surface area contributed by atoms with Crippen LogP contribution in [0.5, 0.6) is 0 Å². The van der Waals surface area contributed by atoms with Crippen LogP contribution < -0.4 is 9.13 Å². The number of hydrogen-bond donors (Lipinski definition) is 0. The molecule has 0 saturated heterocycles. The quantitative estimate of drug-likeness (QED) is 0.561. The molecule has 1 aromatic carbocycles. The van der Waals surface area contributed by atoms with Crippen LogP contribution in [0.2, 0.25) is 0 Å². The van der Waals surface area contributed by atoms with Gasteiger partial charge in [-0.05, 0) is 36.1 Å². The lowest BCUT2D eigenvalue weighted by Crippen LogP contribution is -2.33. The van der Waals surface area contributed by atoms with Crippen molar-refractivity contribution in [3.8, 4) is 0 Å². The third-order valence-electron chi connectivity index (χ3n) is 4.29. The molecule has 4 heteroatoms.